The van der Waals surface area contributed by atoms with Crippen molar-refractivity contribution >= 4 is 34.8 Å². The molecule has 2 heterocycles. The van der Waals surface area contributed by atoms with Gasteiger partial charge in [-0.15, -0.1) is 10.2 Å². The monoisotopic (exact) mass is 466 g/mol. The smallest absolute Gasteiger partial charge is 0.250 e. The lowest BCUT2D eigenvalue weighted by atomic mass is 10.1. The van der Waals surface area contributed by atoms with Gasteiger partial charge < -0.3 is 4.98 Å². The average molecular weight is 467 g/mol. The van der Waals surface area contributed by atoms with Crippen LogP contribution in [0.25, 0.3) is 28.0 Å². The van der Waals surface area contributed by atoms with Crippen LogP contribution in [0.3, 0.4) is 0 Å². The number of hydrazone groups is 1. The summed E-state index contributed by atoms with van der Waals surface area (Å²) in [5, 5.41) is 14.6. The Labute approximate surface area is 200 Å². The van der Waals surface area contributed by atoms with Gasteiger partial charge in [0.25, 0.3) is 5.91 Å². The number of para-hydroxylation sites is 2. The number of nitrogens with zero attached hydrogens (tertiary/aromatic N) is 4. The highest BCUT2D eigenvalue weighted by Gasteiger charge is 2.17. The lowest BCUT2D eigenvalue weighted by Crippen LogP contribution is -2.20. The van der Waals surface area contributed by atoms with E-state index in [-0.39, 0.29) is 11.7 Å². The Kier molecular flexibility index (Phi) is 6.22. The fraction of sp³-hybridized carbons (Fsp3) is 0.0769. The maximum absolute atomic E-state index is 12.5. The number of H-pyrrole nitrogens is 1. The molecule has 0 aliphatic heterocycles. The number of aromatic amines is 1. The van der Waals surface area contributed by atoms with E-state index in [2.05, 4.69) is 25.7 Å². The molecule has 0 fully saturated rings. The first kappa shape index (κ1) is 21.7. The summed E-state index contributed by atoms with van der Waals surface area (Å²) in [5.41, 5.74) is 7.60. The van der Waals surface area contributed by atoms with Gasteiger partial charge in [0.2, 0.25) is 0 Å². The molecule has 0 aliphatic carbocycles. The van der Waals surface area contributed by atoms with Crippen molar-refractivity contribution in [1.29, 1.82) is 0 Å². The highest BCUT2D eigenvalue weighted by molar-refractivity contribution is 7.99. The van der Waals surface area contributed by atoms with Gasteiger partial charge in [0.15, 0.2) is 11.0 Å². The van der Waals surface area contributed by atoms with Gasteiger partial charge in [-0.25, -0.2) is 5.43 Å². The van der Waals surface area contributed by atoms with Crippen molar-refractivity contribution in [3.8, 4) is 17.1 Å². The van der Waals surface area contributed by atoms with E-state index in [1.807, 2.05) is 96.6 Å². The van der Waals surface area contributed by atoms with Gasteiger partial charge in [0.05, 0.1) is 12.0 Å². The maximum Gasteiger partial charge on any atom is 0.250 e. The Morgan fingerprint density at radius 1 is 1.03 bits per heavy atom. The van der Waals surface area contributed by atoms with Crippen LogP contribution in [0, 0.1) is 6.92 Å². The first-order valence-corrected chi connectivity index (χ1v) is 11.8. The standard InChI is InChI=1S/C26H22N6OS/c1-18-11-13-19(14-12-18)25-30-31-26(32(25)21-7-3-2-4-8-21)34-17-24(33)29-28-16-20-15-27-23-10-6-5-9-22(20)23/h2-16,27H,17H2,1H3,(H,29,33)/b28-16-. The number of fused-ring (bicyclic) bond motifs is 1. The van der Waals surface area contributed by atoms with Crippen LogP contribution >= 0.6 is 11.8 Å². The maximum atomic E-state index is 12.5. The molecule has 34 heavy (non-hydrogen) atoms. The van der Waals surface area contributed by atoms with E-state index in [0.29, 0.717) is 5.16 Å². The molecular weight excluding hydrogens is 444 g/mol. The lowest BCUT2D eigenvalue weighted by Gasteiger charge is -2.10. The third kappa shape index (κ3) is 4.62. The van der Waals surface area contributed by atoms with Crippen LogP contribution in [0.1, 0.15) is 11.1 Å². The van der Waals surface area contributed by atoms with Gasteiger partial charge in [-0.2, -0.15) is 5.10 Å². The summed E-state index contributed by atoms with van der Waals surface area (Å²) in [7, 11) is 0. The third-order valence-corrected chi connectivity index (χ3v) is 6.23. The summed E-state index contributed by atoms with van der Waals surface area (Å²) in [6.45, 7) is 2.05. The predicted octanol–water partition coefficient (Wildman–Crippen LogP) is 4.97. The molecule has 3 aromatic carbocycles. The topological polar surface area (TPSA) is 88.0 Å². The first-order chi connectivity index (χ1) is 16.7. The molecule has 5 aromatic rings. The fourth-order valence-corrected chi connectivity index (χ4v) is 4.34. The molecule has 2 N–H and O–H groups in total. The van der Waals surface area contributed by atoms with E-state index in [0.717, 1.165) is 33.5 Å². The molecule has 168 valence electrons. The molecule has 2 aromatic heterocycles. The number of carbonyl (C=O) groups is 1. The van der Waals surface area contributed by atoms with Crippen molar-refractivity contribution in [2.75, 3.05) is 5.75 Å². The number of hydrogen-bond donors (Lipinski definition) is 2. The van der Waals surface area contributed by atoms with Crippen molar-refractivity contribution in [2.24, 2.45) is 5.10 Å². The predicted molar refractivity (Wildman–Crippen MR) is 136 cm³/mol. The van der Waals surface area contributed by atoms with E-state index >= 15 is 0 Å². The molecule has 1 amide bonds. The molecule has 8 heteroatoms. The van der Waals surface area contributed by atoms with Crippen molar-refractivity contribution in [2.45, 2.75) is 12.1 Å². The molecule has 0 saturated carbocycles. The highest BCUT2D eigenvalue weighted by Crippen LogP contribution is 2.28. The largest absolute Gasteiger partial charge is 0.361 e. The Balaban J connectivity index is 1.31. The molecule has 0 bridgehead atoms. The zero-order valence-corrected chi connectivity index (χ0v) is 19.3. The minimum absolute atomic E-state index is 0.157. The fourth-order valence-electron chi connectivity index (χ4n) is 3.60. The minimum atomic E-state index is -0.222. The van der Waals surface area contributed by atoms with E-state index < -0.39 is 0 Å². The van der Waals surface area contributed by atoms with E-state index in [1.54, 1.807) is 6.21 Å². The second-order valence-electron chi connectivity index (χ2n) is 7.71. The van der Waals surface area contributed by atoms with E-state index in [9.17, 15) is 4.79 Å². The molecule has 0 atom stereocenters. The highest BCUT2D eigenvalue weighted by atomic mass is 32.2. The molecular formula is C26H22N6OS. The molecule has 0 spiro atoms. The van der Waals surface area contributed by atoms with Crippen LogP contribution in [-0.4, -0.2) is 37.6 Å². The third-order valence-electron chi connectivity index (χ3n) is 5.30. The summed E-state index contributed by atoms with van der Waals surface area (Å²) in [4.78, 5) is 15.6. The Morgan fingerprint density at radius 2 is 1.79 bits per heavy atom. The molecule has 0 radical (unpaired) electrons. The second kappa shape index (κ2) is 9.76. The summed E-state index contributed by atoms with van der Waals surface area (Å²) in [6, 6.07) is 26.0. The minimum Gasteiger partial charge on any atom is -0.361 e. The summed E-state index contributed by atoms with van der Waals surface area (Å²) >= 11 is 1.32. The molecule has 0 aliphatic rings. The lowest BCUT2D eigenvalue weighted by molar-refractivity contribution is -0.118. The van der Waals surface area contributed by atoms with Crippen LogP contribution in [0.4, 0.5) is 0 Å². The number of hydrogen-bond acceptors (Lipinski definition) is 5. The average Bonchev–Trinajstić information content (AvgIpc) is 3.48. The first-order valence-electron chi connectivity index (χ1n) is 10.8. The van der Waals surface area contributed by atoms with Gasteiger partial charge in [0, 0.05) is 33.9 Å². The zero-order chi connectivity index (χ0) is 23.3. The normalized spacial score (nSPS) is 11.3. The van der Waals surface area contributed by atoms with Gasteiger partial charge in [-0.05, 0) is 25.1 Å². The number of aryl methyl sites for hydroxylation is 1. The number of rotatable bonds is 7. The Hall–Kier alpha value is -4.17. The number of benzene rings is 3. The van der Waals surface area contributed by atoms with Crippen LogP contribution in [0.2, 0.25) is 0 Å². The Bertz CT molecular complexity index is 1450. The number of amides is 1. The van der Waals surface area contributed by atoms with Crippen LogP contribution in [0.5, 0.6) is 0 Å². The summed E-state index contributed by atoms with van der Waals surface area (Å²) in [6.07, 6.45) is 3.51. The van der Waals surface area contributed by atoms with E-state index in [1.165, 1.54) is 17.3 Å². The second-order valence-corrected chi connectivity index (χ2v) is 8.66. The van der Waals surface area contributed by atoms with E-state index in [4.69, 9.17) is 0 Å². The summed E-state index contributed by atoms with van der Waals surface area (Å²) in [5.74, 6) is 0.663. The van der Waals surface area contributed by atoms with Gasteiger partial charge in [-0.3, -0.25) is 9.36 Å². The van der Waals surface area contributed by atoms with Gasteiger partial charge >= 0.3 is 0 Å². The summed E-state index contributed by atoms with van der Waals surface area (Å²) < 4.78 is 1.97. The number of nitrogens with one attached hydrogen (secondary N) is 2. The number of aromatic nitrogens is 4. The number of thioether (sulfide) groups is 1. The van der Waals surface area contributed by atoms with Crippen molar-refractivity contribution < 1.29 is 4.79 Å². The van der Waals surface area contributed by atoms with Crippen LogP contribution in [-0.2, 0) is 4.79 Å². The molecule has 5 rings (SSSR count). The molecule has 7 nitrogen and oxygen atoms in total. The number of carbonyl (C=O) groups excluding carboxylic acids is 1. The molecule has 0 unspecified atom stereocenters. The Morgan fingerprint density at radius 3 is 2.62 bits per heavy atom. The van der Waals surface area contributed by atoms with Gasteiger partial charge in [-0.1, -0.05) is 78.0 Å². The van der Waals surface area contributed by atoms with Crippen molar-refractivity contribution in [1.82, 2.24) is 25.2 Å². The van der Waals surface area contributed by atoms with Gasteiger partial charge in [0.1, 0.15) is 0 Å². The van der Waals surface area contributed by atoms with Crippen molar-refractivity contribution in [3.05, 3.63) is 96.2 Å². The quantitative estimate of drug-likeness (QED) is 0.201. The zero-order valence-electron chi connectivity index (χ0n) is 18.5. The molecule has 0 saturated heterocycles. The van der Waals surface area contributed by atoms with Crippen molar-refractivity contribution in [3.63, 3.8) is 0 Å². The SMILES string of the molecule is Cc1ccc(-c2nnc(SCC(=O)N/N=C\c3c[nH]c4ccccc34)n2-c2ccccc2)cc1. The van der Waals surface area contributed by atoms with Crippen LogP contribution in [0.15, 0.2) is 95.3 Å². The van der Waals surface area contributed by atoms with Crippen LogP contribution < -0.4 is 5.43 Å².